The Morgan fingerprint density at radius 2 is 2.11 bits per heavy atom. The van der Waals surface area contributed by atoms with Gasteiger partial charge >= 0.3 is 0 Å². The first-order valence-electron chi connectivity index (χ1n) is 6.03. The molecule has 4 nitrogen and oxygen atoms in total. The zero-order valence-corrected chi connectivity index (χ0v) is 11.4. The Balaban J connectivity index is 2.13. The molecule has 98 valence electrons. The summed E-state index contributed by atoms with van der Waals surface area (Å²) < 4.78 is 0. The molecule has 0 unspecified atom stereocenters. The number of hydrogen-bond acceptors (Lipinski definition) is 3. The Morgan fingerprint density at radius 3 is 2.67 bits per heavy atom. The second-order valence-electron chi connectivity index (χ2n) is 5.11. The van der Waals surface area contributed by atoms with Gasteiger partial charge in [0.15, 0.2) is 0 Å². The first-order chi connectivity index (χ1) is 8.39. The maximum atomic E-state index is 12.3. The summed E-state index contributed by atoms with van der Waals surface area (Å²) >= 11 is 5.78. The van der Waals surface area contributed by atoms with E-state index in [1.807, 2.05) is 13.8 Å². The number of nitrogens with zero attached hydrogens (tertiary/aromatic N) is 2. The van der Waals surface area contributed by atoms with Crippen molar-refractivity contribution in [1.82, 2.24) is 9.88 Å². The lowest BCUT2D eigenvalue weighted by atomic mass is 9.93. The average molecular weight is 269 g/mol. The molecule has 1 aromatic rings. The number of hydrogen-bond donors (Lipinski definition) is 1. The molecule has 0 aliphatic carbocycles. The number of halogens is 1. The highest BCUT2D eigenvalue weighted by molar-refractivity contribution is 6.29. The van der Waals surface area contributed by atoms with E-state index in [1.165, 1.54) is 6.20 Å². The van der Waals surface area contributed by atoms with Crippen molar-refractivity contribution in [2.24, 2.45) is 0 Å². The fourth-order valence-corrected chi connectivity index (χ4v) is 2.32. The minimum Gasteiger partial charge on any atom is -0.390 e. The number of likely N-dealkylation sites (tertiary alicyclic amines) is 1. The SMILES string of the molecule is Cc1cc(Cl)ncc1C(=O)N1CCC(C)(O)CC1. The highest BCUT2D eigenvalue weighted by atomic mass is 35.5. The topological polar surface area (TPSA) is 53.4 Å². The summed E-state index contributed by atoms with van der Waals surface area (Å²) in [5.41, 5.74) is 0.766. The van der Waals surface area contributed by atoms with Crippen molar-refractivity contribution in [3.8, 4) is 0 Å². The van der Waals surface area contributed by atoms with E-state index in [9.17, 15) is 9.90 Å². The standard InChI is InChI=1S/C13H17ClN2O2/c1-9-7-11(14)15-8-10(9)12(17)16-5-3-13(2,18)4-6-16/h7-8,18H,3-6H2,1-2H3. The Kier molecular flexibility index (Phi) is 3.59. The number of aromatic nitrogens is 1. The van der Waals surface area contributed by atoms with Gasteiger partial charge in [-0.15, -0.1) is 0 Å². The number of amides is 1. The lowest BCUT2D eigenvalue weighted by Gasteiger charge is -2.35. The van der Waals surface area contributed by atoms with Crippen LogP contribution in [-0.2, 0) is 0 Å². The molecule has 0 bridgehead atoms. The van der Waals surface area contributed by atoms with Gasteiger partial charge in [-0.25, -0.2) is 4.98 Å². The van der Waals surface area contributed by atoms with Crippen molar-refractivity contribution in [3.63, 3.8) is 0 Å². The monoisotopic (exact) mass is 268 g/mol. The van der Waals surface area contributed by atoms with E-state index in [-0.39, 0.29) is 5.91 Å². The first-order valence-corrected chi connectivity index (χ1v) is 6.41. The van der Waals surface area contributed by atoms with Gasteiger partial charge < -0.3 is 10.0 Å². The van der Waals surface area contributed by atoms with Crippen molar-refractivity contribution in [1.29, 1.82) is 0 Å². The number of aliphatic hydroxyl groups is 1. The maximum Gasteiger partial charge on any atom is 0.255 e. The Morgan fingerprint density at radius 1 is 1.50 bits per heavy atom. The molecule has 0 atom stereocenters. The van der Waals surface area contributed by atoms with Crippen LogP contribution in [0.15, 0.2) is 12.3 Å². The molecule has 1 fully saturated rings. The first kappa shape index (κ1) is 13.3. The van der Waals surface area contributed by atoms with Gasteiger partial charge in [0.1, 0.15) is 5.15 Å². The van der Waals surface area contributed by atoms with Gasteiger partial charge in [-0.3, -0.25) is 4.79 Å². The molecule has 2 rings (SSSR count). The normalized spacial score (nSPS) is 18.8. The van der Waals surface area contributed by atoms with E-state index in [0.29, 0.717) is 36.6 Å². The van der Waals surface area contributed by atoms with Crippen LogP contribution < -0.4 is 0 Å². The fraction of sp³-hybridized carbons (Fsp3) is 0.538. The van der Waals surface area contributed by atoms with Crippen LogP contribution in [0.5, 0.6) is 0 Å². The number of rotatable bonds is 1. The molecular weight excluding hydrogens is 252 g/mol. The van der Waals surface area contributed by atoms with E-state index in [1.54, 1.807) is 11.0 Å². The van der Waals surface area contributed by atoms with Crippen LogP contribution >= 0.6 is 11.6 Å². The second kappa shape index (κ2) is 4.86. The lowest BCUT2D eigenvalue weighted by molar-refractivity contribution is -0.00204. The number of carbonyl (C=O) groups is 1. The number of aryl methyl sites for hydroxylation is 1. The molecule has 1 amide bonds. The molecule has 0 spiro atoms. The zero-order chi connectivity index (χ0) is 13.3. The van der Waals surface area contributed by atoms with E-state index in [0.717, 1.165) is 5.56 Å². The summed E-state index contributed by atoms with van der Waals surface area (Å²) in [6.07, 6.45) is 2.74. The third kappa shape index (κ3) is 2.82. The van der Waals surface area contributed by atoms with Crippen molar-refractivity contribution in [2.75, 3.05) is 13.1 Å². The molecule has 5 heteroatoms. The van der Waals surface area contributed by atoms with Crippen LogP contribution in [0, 0.1) is 6.92 Å². The van der Waals surface area contributed by atoms with E-state index >= 15 is 0 Å². The molecular formula is C13H17ClN2O2. The summed E-state index contributed by atoms with van der Waals surface area (Å²) in [7, 11) is 0. The van der Waals surface area contributed by atoms with Gasteiger partial charge in [-0.1, -0.05) is 11.6 Å². The second-order valence-corrected chi connectivity index (χ2v) is 5.50. The van der Waals surface area contributed by atoms with Gasteiger partial charge in [0.05, 0.1) is 11.2 Å². The largest absolute Gasteiger partial charge is 0.390 e. The summed E-state index contributed by atoms with van der Waals surface area (Å²) in [6.45, 7) is 4.81. The zero-order valence-electron chi connectivity index (χ0n) is 10.6. The van der Waals surface area contributed by atoms with Crippen LogP contribution in [0.25, 0.3) is 0 Å². The van der Waals surface area contributed by atoms with Crippen LogP contribution in [0.4, 0.5) is 0 Å². The quantitative estimate of drug-likeness (QED) is 0.793. The summed E-state index contributed by atoms with van der Waals surface area (Å²) in [5.74, 6) is -0.0350. The highest BCUT2D eigenvalue weighted by Crippen LogP contribution is 2.23. The minimum atomic E-state index is -0.649. The summed E-state index contributed by atoms with van der Waals surface area (Å²) in [6, 6.07) is 1.69. The molecule has 1 aromatic heterocycles. The van der Waals surface area contributed by atoms with Crippen molar-refractivity contribution in [3.05, 3.63) is 28.5 Å². The molecule has 1 N–H and O–H groups in total. The molecule has 0 radical (unpaired) electrons. The number of pyridine rings is 1. The van der Waals surface area contributed by atoms with Gasteiger partial charge in [0, 0.05) is 19.3 Å². The molecule has 1 saturated heterocycles. The Bertz CT molecular complexity index is 464. The van der Waals surface area contributed by atoms with Gasteiger partial charge in [0.25, 0.3) is 5.91 Å². The molecule has 2 heterocycles. The summed E-state index contributed by atoms with van der Waals surface area (Å²) in [5, 5.41) is 10.3. The van der Waals surface area contributed by atoms with Crippen LogP contribution in [0.1, 0.15) is 35.7 Å². The number of carbonyl (C=O) groups excluding carboxylic acids is 1. The summed E-state index contributed by atoms with van der Waals surface area (Å²) in [4.78, 5) is 18.0. The van der Waals surface area contributed by atoms with Crippen LogP contribution in [0.2, 0.25) is 5.15 Å². The van der Waals surface area contributed by atoms with Gasteiger partial charge in [0.2, 0.25) is 0 Å². The molecule has 0 aromatic carbocycles. The number of piperidine rings is 1. The van der Waals surface area contributed by atoms with Crippen LogP contribution in [0.3, 0.4) is 0 Å². The third-order valence-electron chi connectivity index (χ3n) is 3.44. The van der Waals surface area contributed by atoms with Gasteiger partial charge in [-0.05, 0) is 38.3 Å². The maximum absolute atomic E-state index is 12.3. The molecule has 1 aliphatic rings. The average Bonchev–Trinajstić information content (AvgIpc) is 2.28. The van der Waals surface area contributed by atoms with E-state index in [4.69, 9.17) is 11.6 Å². The fourth-order valence-electron chi connectivity index (χ4n) is 2.11. The predicted molar refractivity (Wildman–Crippen MR) is 69.7 cm³/mol. The van der Waals surface area contributed by atoms with Crippen molar-refractivity contribution >= 4 is 17.5 Å². The Hall–Kier alpha value is -1.13. The van der Waals surface area contributed by atoms with Crippen molar-refractivity contribution in [2.45, 2.75) is 32.3 Å². The van der Waals surface area contributed by atoms with Gasteiger partial charge in [-0.2, -0.15) is 0 Å². The third-order valence-corrected chi connectivity index (χ3v) is 3.64. The molecule has 18 heavy (non-hydrogen) atoms. The van der Waals surface area contributed by atoms with E-state index in [2.05, 4.69) is 4.98 Å². The van der Waals surface area contributed by atoms with Crippen LogP contribution in [-0.4, -0.2) is 39.6 Å². The van der Waals surface area contributed by atoms with E-state index < -0.39 is 5.60 Å². The Labute approximate surface area is 112 Å². The molecule has 1 aliphatic heterocycles. The molecule has 0 saturated carbocycles. The van der Waals surface area contributed by atoms with Crippen molar-refractivity contribution < 1.29 is 9.90 Å². The lowest BCUT2D eigenvalue weighted by Crippen LogP contribution is -2.45. The minimum absolute atomic E-state index is 0.0350. The highest BCUT2D eigenvalue weighted by Gasteiger charge is 2.30. The smallest absolute Gasteiger partial charge is 0.255 e. The predicted octanol–water partition coefficient (Wildman–Crippen LogP) is 2.03.